The molecule has 0 amide bonds. The first kappa shape index (κ1) is 14.1. The highest BCUT2D eigenvalue weighted by molar-refractivity contribution is 5.26. The van der Waals surface area contributed by atoms with Gasteiger partial charge in [0.05, 0.1) is 0 Å². The number of nitrogens with two attached hydrogens (primary N) is 1. The van der Waals surface area contributed by atoms with Gasteiger partial charge in [-0.05, 0) is 62.2 Å². The Labute approximate surface area is 123 Å². The van der Waals surface area contributed by atoms with Gasteiger partial charge >= 0.3 is 0 Å². The molecule has 1 aliphatic carbocycles. The highest BCUT2D eigenvalue weighted by Crippen LogP contribution is 2.41. The van der Waals surface area contributed by atoms with Crippen molar-refractivity contribution in [2.75, 3.05) is 13.1 Å². The molecule has 2 aliphatic rings. The lowest BCUT2D eigenvalue weighted by Gasteiger charge is -2.35. The minimum Gasteiger partial charge on any atom is -0.330 e. The molecule has 1 aromatic rings. The number of nitrogens with zero attached hydrogens (tertiary/aromatic N) is 1. The van der Waals surface area contributed by atoms with Gasteiger partial charge in [0, 0.05) is 12.1 Å². The lowest BCUT2D eigenvalue weighted by molar-refractivity contribution is 0.149. The fourth-order valence-corrected chi connectivity index (χ4v) is 3.75. The fourth-order valence-electron chi connectivity index (χ4n) is 3.75. The summed E-state index contributed by atoms with van der Waals surface area (Å²) in [4.78, 5) is 2.77. The fraction of sp³-hybridized carbons (Fsp3) is 0.667. The van der Waals surface area contributed by atoms with Crippen LogP contribution in [0.4, 0.5) is 0 Å². The van der Waals surface area contributed by atoms with E-state index >= 15 is 0 Å². The number of likely N-dealkylation sites (tertiary alicyclic amines) is 1. The molecule has 0 aromatic heterocycles. The minimum atomic E-state index is 0.556. The summed E-state index contributed by atoms with van der Waals surface area (Å²) in [6.45, 7) is 4.31. The first-order valence-corrected chi connectivity index (χ1v) is 8.38. The van der Waals surface area contributed by atoms with Crippen molar-refractivity contribution in [3.63, 3.8) is 0 Å². The molecule has 0 bridgehead atoms. The Bertz CT molecular complexity index is 422. The molecule has 0 radical (unpaired) electrons. The van der Waals surface area contributed by atoms with E-state index in [0.717, 1.165) is 19.0 Å². The van der Waals surface area contributed by atoms with E-state index in [2.05, 4.69) is 36.1 Å². The van der Waals surface area contributed by atoms with Crippen LogP contribution >= 0.6 is 0 Å². The van der Waals surface area contributed by atoms with Crippen LogP contribution < -0.4 is 5.73 Å². The molecule has 0 spiro atoms. The average molecular weight is 272 g/mol. The van der Waals surface area contributed by atoms with Crippen LogP contribution in [0.1, 0.15) is 56.2 Å². The maximum atomic E-state index is 6.11. The van der Waals surface area contributed by atoms with Gasteiger partial charge in [-0.15, -0.1) is 0 Å². The van der Waals surface area contributed by atoms with E-state index in [9.17, 15) is 0 Å². The van der Waals surface area contributed by atoms with Gasteiger partial charge < -0.3 is 5.73 Å². The largest absolute Gasteiger partial charge is 0.330 e. The molecule has 1 heterocycles. The van der Waals surface area contributed by atoms with Gasteiger partial charge in [-0.3, -0.25) is 4.90 Å². The van der Waals surface area contributed by atoms with Crippen LogP contribution in [0.3, 0.4) is 0 Å². The van der Waals surface area contributed by atoms with E-state index < -0.39 is 0 Å². The van der Waals surface area contributed by atoms with Gasteiger partial charge in [0.15, 0.2) is 0 Å². The van der Waals surface area contributed by atoms with Crippen LogP contribution in [-0.2, 0) is 6.42 Å². The molecule has 3 rings (SSSR count). The maximum Gasteiger partial charge on any atom is 0.0391 e. The highest BCUT2D eigenvalue weighted by Gasteiger charge is 2.38. The molecule has 20 heavy (non-hydrogen) atoms. The van der Waals surface area contributed by atoms with Crippen molar-refractivity contribution in [2.45, 2.75) is 57.5 Å². The SMILES string of the molecule is CCc1ccc(C2C(CN)CCCCN2C2CC2)cc1. The number of benzene rings is 1. The van der Waals surface area contributed by atoms with Crippen molar-refractivity contribution >= 4 is 0 Å². The number of rotatable bonds is 4. The second-order valence-corrected chi connectivity index (χ2v) is 6.50. The van der Waals surface area contributed by atoms with E-state index in [4.69, 9.17) is 5.73 Å². The quantitative estimate of drug-likeness (QED) is 0.909. The zero-order valence-corrected chi connectivity index (χ0v) is 12.7. The van der Waals surface area contributed by atoms with Crippen molar-refractivity contribution in [3.05, 3.63) is 35.4 Å². The van der Waals surface area contributed by atoms with Crippen molar-refractivity contribution in [1.82, 2.24) is 4.90 Å². The zero-order chi connectivity index (χ0) is 13.9. The molecule has 1 saturated heterocycles. The predicted molar refractivity (Wildman–Crippen MR) is 84.7 cm³/mol. The smallest absolute Gasteiger partial charge is 0.0391 e. The van der Waals surface area contributed by atoms with Crippen molar-refractivity contribution in [3.8, 4) is 0 Å². The Balaban J connectivity index is 1.89. The van der Waals surface area contributed by atoms with E-state index in [0.29, 0.717) is 12.0 Å². The predicted octanol–water partition coefficient (Wildman–Crippen LogP) is 3.51. The Morgan fingerprint density at radius 2 is 1.85 bits per heavy atom. The zero-order valence-electron chi connectivity index (χ0n) is 12.7. The third-order valence-electron chi connectivity index (χ3n) is 5.09. The van der Waals surface area contributed by atoms with E-state index in [1.807, 2.05) is 0 Å². The van der Waals surface area contributed by atoms with Crippen LogP contribution in [-0.4, -0.2) is 24.0 Å². The topological polar surface area (TPSA) is 29.3 Å². The molecule has 1 saturated carbocycles. The summed E-state index contributed by atoms with van der Waals surface area (Å²) in [5.74, 6) is 0.630. The lowest BCUT2D eigenvalue weighted by Crippen LogP contribution is -2.37. The molecular weight excluding hydrogens is 244 g/mol. The Morgan fingerprint density at radius 3 is 2.45 bits per heavy atom. The third kappa shape index (κ3) is 2.91. The summed E-state index contributed by atoms with van der Waals surface area (Å²) in [6, 6.07) is 10.7. The summed E-state index contributed by atoms with van der Waals surface area (Å²) >= 11 is 0. The summed E-state index contributed by atoms with van der Waals surface area (Å²) in [5, 5.41) is 0. The molecule has 2 atom stereocenters. The minimum absolute atomic E-state index is 0.556. The summed E-state index contributed by atoms with van der Waals surface area (Å²) in [5.41, 5.74) is 9.04. The standard InChI is InChI=1S/C18H28N2/c1-2-14-6-8-15(9-7-14)18-16(13-19)5-3-4-12-20(18)17-10-11-17/h6-9,16-18H,2-5,10-13,19H2,1H3. The number of aryl methyl sites for hydroxylation is 1. The number of hydrogen-bond donors (Lipinski definition) is 1. The molecule has 1 aliphatic heterocycles. The highest BCUT2D eigenvalue weighted by atomic mass is 15.2. The van der Waals surface area contributed by atoms with Crippen LogP contribution in [0.15, 0.2) is 24.3 Å². The first-order chi connectivity index (χ1) is 9.83. The molecule has 2 N–H and O–H groups in total. The Hall–Kier alpha value is -0.860. The third-order valence-corrected chi connectivity index (χ3v) is 5.09. The molecular formula is C18H28N2. The van der Waals surface area contributed by atoms with Crippen molar-refractivity contribution < 1.29 is 0 Å². The molecule has 2 fully saturated rings. The van der Waals surface area contributed by atoms with E-state index in [1.165, 1.54) is 49.8 Å². The van der Waals surface area contributed by atoms with E-state index in [-0.39, 0.29) is 0 Å². The van der Waals surface area contributed by atoms with E-state index in [1.54, 1.807) is 0 Å². The summed E-state index contributed by atoms with van der Waals surface area (Å²) < 4.78 is 0. The van der Waals surface area contributed by atoms with Crippen LogP contribution in [0.2, 0.25) is 0 Å². The molecule has 2 unspecified atom stereocenters. The first-order valence-electron chi connectivity index (χ1n) is 8.38. The van der Waals surface area contributed by atoms with Gasteiger partial charge in [-0.2, -0.15) is 0 Å². The monoisotopic (exact) mass is 272 g/mol. The molecule has 110 valence electrons. The van der Waals surface area contributed by atoms with Gasteiger partial charge in [-0.1, -0.05) is 37.6 Å². The maximum absolute atomic E-state index is 6.11. The lowest BCUT2D eigenvalue weighted by atomic mass is 9.88. The molecule has 2 nitrogen and oxygen atoms in total. The normalized spacial score (nSPS) is 28.3. The van der Waals surface area contributed by atoms with Crippen LogP contribution in [0, 0.1) is 5.92 Å². The van der Waals surface area contributed by atoms with Gasteiger partial charge in [0.25, 0.3) is 0 Å². The molecule has 1 aromatic carbocycles. The summed E-state index contributed by atoms with van der Waals surface area (Å²) in [7, 11) is 0. The molecule has 2 heteroatoms. The average Bonchev–Trinajstić information content (AvgIpc) is 3.32. The second-order valence-electron chi connectivity index (χ2n) is 6.50. The Morgan fingerprint density at radius 1 is 1.10 bits per heavy atom. The van der Waals surface area contributed by atoms with Gasteiger partial charge in [-0.25, -0.2) is 0 Å². The van der Waals surface area contributed by atoms with Gasteiger partial charge in [0.2, 0.25) is 0 Å². The van der Waals surface area contributed by atoms with Crippen LogP contribution in [0.5, 0.6) is 0 Å². The summed E-state index contributed by atoms with van der Waals surface area (Å²) in [6.07, 6.45) is 7.88. The Kier molecular flexibility index (Phi) is 4.42. The van der Waals surface area contributed by atoms with Crippen molar-refractivity contribution in [1.29, 1.82) is 0 Å². The van der Waals surface area contributed by atoms with Crippen LogP contribution in [0.25, 0.3) is 0 Å². The van der Waals surface area contributed by atoms with Gasteiger partial charge in [0.1, 0.15) is 0 Å². The van der Waals surface area contributed by atoms with Crippen molar-refractivity contribution in [2.24, 2.45) is 11.7 Å². The second kappa shape index (κ2) is 6.28. The number of hydrogen-bond acceptors (Lipinski definition) is 2.